The molecule has 4 heteroatoms. The van der Waals surface area contributed by atoms with Gasteiger partial charge in [-0.3, -0.25) is 4.57 Å². The summed E-state index contributed by atoms with van der Waals surface area (Å²) in [7, 11) is 0. The summed E-state index contributed by atoms with van der Waals surface area (Å²) in [5.41, 5.74) is 1.33. The van der Waals surface area contributed by atoms with Crippen molar-refractivity contribution in [2.24, 2.45) is 0 Å². The summed E-state index contributed by atoms with van der Waals surface area (Å²) in [6.07, 6.45) is 6.50. The van der Waals surface area contributed by atoms with Crippen LogP contribution in [0, 0.1) is 0 Å². The Labute approximate surface area is 120 Å². The van der Waals surface area contributed by atoms with Gasteiger partial charge in [-0.15, -0.1) is 10.2 Å². The Morgan fingerprint density at radius 2 is 1.95 bits per heavy atom. The second-order valence-corrected chi connectivity index (χ2v) is 5.64. The van der Waals surface area contributed by atoms with E-state index in [-0.39, 0.29) is 5.41 Å². The number of para-hydroxylation sites is 1. The Balaban J connectivity index is 2.02. The van der Waals surface area contributed by atoms with Crippen molar-refractivity contribution in [2.45, 2.75) is 38.0 Å². The first-order valence-electron chi connectivity index (χ1n) is 7.52. The number of benzene rings is 1. The normalized spacial score (nSPS) is 18.1. The van der Waals surface area contributed by atoms with E-state index in [0.717, 1.165) is 37.4 Å². The quantitative estimate of drug-likeness (QED) is 0.929. The van der Waals surface area contributed by atoms with E-state index in [4.69, 9.17) is 0 Å². The molecular formula is C16H22N4. The van der Waals surface area contributed by atoms with Gasteiger partial charge in [0.25, 0.3) is 0 Å². The summed E-state index contributed by atoms with van der Waals surface area (Å²) in [5, 5.41) is 12.1. The van der Waals surface area contributed by atoms with Crippen molar-refractivity contribution < 1.29 is 0 Å². The van der Waals surface area contributed by atoms with Gasteiger partial charge in [0.2, 0.25) is 0 Å². The first kappa shape index (κ1) is 13.3. The summed E-state index contributed by atoms with van der Waals surface area (Å²) >= 11 is 0. The fourth-order valence-corrected chi connectivity index (χ4v) is 3.34. The van der Waals surface area contributed by atoms with Crippen LogP contribution in [-0.4, -0.2) is 27.9 Å². The summed E-state index contributed by atoms with van der Waals surface area (Å²) in [6.45, 7) is 4.40. The molecule has 20 heavy (non-hydrogen) atoms. The number of hydrogen-bond acceptors (Lipinski definition) is 3. The highest BCUT2D eigenvalue weighted by molar-refractivity contribution is 5.33. The molecule has 4 nitrogen and oxygen atoms in total. The third kappa shape index (κ3) is 2.36. The monoisotopic (exact) mass is 270 g/mol. The number of piperidine rings is 1. The summed E-state index contributed by atoms with van der Waals surface area (Å²) in [5.74, 6) is 1.13. The largest absolute Gasteiger partial charge is 0.317 e. The topological polar surface area (TPSA) is 42.7 Å². The van der Waals surface area contributed by atoms with Gasteiger partial charge in [0.15, 0.2) is 0 Å². The average molecular weight is 270 g/mol. The Morgan fingerprint density at radius 3 is 2.65 bits per heavy atom. The number of rotatable bonds is 4. The van der Waals surface area contributed by atoms with Gasteiger partial charge in [-0.25, -0.2) is 0 Å². The second-order valence-electron chi connectivity index (χ2n) is 5.64. The first-order chi connectivity index (χ1) is 9.86. The molecule has 1 aromatic heterocycles. The SMILES string of the molecule is CCCC1(c2nncn2-c2ccccc2)CCNCC1. The molecule has 0 bridgehead atoms. The second kappa shape index (κ2) is 5.75. The average Bonchev–Trinajstić information content (AvgIpc) is 2.99. The lowest BCUT2D eigenvalue weighted by molar-refractivity contribution is 0.267. The van der Waals surface area contributed by atoms with E-state index >= 15 is 0 Å². The molecule has 0 aliphatic carbocycles. The van der Waals surface area contributed by atoms with Crippen LogP contribution in [0.15, 0.2) is 36.7 Å². The van der Waals surface area contributed by atoms with Gasteiger partial charge in [0.05, 0.1) is 0 Å². The molecule has 0 saturated carbocycles. The zero-order valence-corrected chi connectivity index (χ0v) is 12.0. The number of nitrogens with one attached hydrogen (secondary N) is 1. The highest BCUT2D eigenvalue weighted by atomic mass is 15.3. The van der Waals surface area contributed by atoms with Crippen LogP contribution in [0.25, 0.3) is 5.69 Å². The van der Waals surface area contributed by atoms with E-state index in [1.807, 2.05) is 12.4 Å². The molecule has 2 heterocycles. The molecule has 0 atom stereocenters. The fourth-order valence-electron chi connectivity index (χ4n) is 3.34. The molecule has 1 fully saturated rings. The highest BCUT2D eigenvalue weighted by Gasteiger charge is 2.37. The van der Waals surface area contributed by atoms with E-state index in [1.165, 1.54) is 12.8 Å². The van der Waals surface area contributed by atoms with Gasteiger partial charge in [-0.05, 0) is 44.5 Å². The Bertz CT molecular complexity index is 535. The summed E-state index contributed by atoms with van der Waals surface area (Å²) in [6, 6.07) is 10.4. The Hall–Kier alpha value is -1.68. The van der Waals surface area contributed by atoms with Crippen LogP contribution < -0.4 is 5.32 Å². The van der Waals surface area contributed by atoms with Crippen LogP contribution in [0.2, 0.25) is 0 Å². The number of aromatic nitrogens is 3. The van der Waals surface area contributed by atoms with Crippen LogP contribution in [0.4, 0.5) is 0 Å². The van der Waals surface area contributed by atoms with Gasteiger partial charge in [-0.2, -0.15) is 0 Å². The standard InChI is InChI=1S/C16H22N4/c1-2-8-16(9-11-17-12-10-16)15-19-18-13-20(15)14-6-4-3-5-7-14/h3-7,13,17H,2,8-12H2,1H3. The molecule has 0 unspecified atom stereocenters. The third-order valence-corrected chi connectivity index (χ3v) is 4.35. The van der Waals surface area contributed by atoms with E-state index in [0.29, 0.717) is 0 Å². The first-order valence-corrected chi connectivity index (χ1v) is 7.52. The molecule has 2 aromatic rings. The molecule has 0 radical (unpaired) electrons. The smallest absolute Gasteiger partial charge is 0.143 e. The fraction of sp³-hybridized carbons (Fsp3) is 0.500. The molecular weight excluding hydrogens is 248 g/mol. The third-order valence-electron chi connectivity index (χ3n) is 4.35. The Kier molecular flexibility index (Phi) is 3.83. The molecule has 1 saturated heterocycles. The zero-order chi connectivity index (χ0) is 13.8. The van der Waals surface area contributed by atoms with E-state index < -0.39 is 0 Å². The van der Waals surface area contributed by atoms with Crippen molar-refractivity contribution in [2.75, 3.05) is 13.1 Å². The predicted molar refractivity (Wildman–Crippen MR) is 80.0 cm³/mol. The minimum Gasteiger partial charge on any atom is -0.317 e. The lowest BCUT2D eigenvalue weighted by atomic mass is 9.74. The van der Waals surface area contributed by atoms with E-state index in [1.54, 1.807) is 0 Å². The van der Waals surface area contributed by atoms with Crippen LogP contribution in [0.1, 0.15) is 38.4 Å². The molecule has 0 spiro atoms. The predicted octanol–water partition coefficient (Wildman–Crippen LogP) is 2.69. The van der Waals surface area contributed by atoms with Crippen LogP contribution in [0.5, 0.6) is 0 Å². The van der Waals surface area contributed by atoms with Crippen LogP contribution in [-0.2, 0) is 5.41 Å². The van der Waals surface area contributed by atoms with Crippen LogP contribution >= 0.6 is 0 Å². The van der Waals surface area contributed by atoms with E-state index in [2.05, 4.69) is 51.3 Å². The molecule has 1 aliphatic heterocycles. The maximum atomic E-state index is 4.49. The Morgan fingerprint density at radius 1 is 1.20 bits per heavy atom. The number of nitrogens with zero attached hydrogens (tertiary/aromatic N) is 3. The molecule has 1 aliphatic rings. The van der Waals surface area contributed by atoms with Crippen molar-refractivity contribution in [3.8, 4) is 5.69 Å². The maximum Gasteiger partial charge on any atom is 0.143 e. The van der Waals surface area contributed by atoms with Crippen molar-refractivity contribution in [1.29, 1.82) is 0 Å². The minimum absolute atomic E-state index is 0.173. The van der Waals surface area contributed by atoms with E-state index in [9.17, 15) is 0 Å². The molecule has 1 N–H and O–H groups in total. The van der Waals surface area contributed by atoms with Gasteiger partial charge < -0.3 is 5.32 Å². The van der Waals surface area contributed by atoms with Gasteiger partial charge in [-0.1, -0.05) is 31.5 Å². The van der Waals surface area contributed by atoms with Gasteiger partial charge >= 0.3 is 0 Å². The molecule has 3 rings (SSSR count). The lowest BCUT2D eigenvalue weighted by Crippen LogP contribution is -2.41. The van der Waals surface area contributed by atoms with Gasteiger partial charge in [0.1, 0.15) is 12.2 Å². The van der Waals surface area contributed by atoms with Crippen molar-refractivity contribution >= 4 is 0 Å². The molecule has 106 valence electrons. The molecule has 1 aromatic carbocycles. The zero-order valence-electron chi connectivity index (χ0n) is 12.0. The lowest BCUT2D eigenvalue weighted by Gasteiger charge is -2.36. The van der Waals surface area contributed by atoms with Gasteiger partial charge in [0, 0.05) is 11.1 Å². The van der Waals surface area contributed by atoms with Crippen LogP contribution in [0.3, 0.4) is 0 Å². The van der Waals surface area contributed by atoms with Crippen molar-refractivity contribution in [3.05, 3.63) is 42.5 Å². The summed E-state index contributed by atoms with van der Waals surface area (Å²) < 4.78 is 2.17. The highest BCUT2D eigenvalue weighted by Crippen LogP contribution is 2.37. The minimum atomic E-state index is 0.173. The van der Waals surface area contributed by atoms with Crippen molar-refractivity contribution in [1.82, 2.24) is 20.1 Å². The number of hydrogen-bond donors (Lipinski definition) is 1. The van der Waals surface area contributed by atoms with Crippen molar-refractivity contribution in [3.63, 3.8) is 0 Å². The summed E-state index contributed by atoms with van der Waals surface area (Å²) in [4.78, 5) is 0. The molecule has 0 amide bonds. The maximum absolute atomic E-state index is 4.49.